The first-order chi connectivity index (χ1) is 8.18. The maximum atomic E-state index is 13.4. The molecule has 1 aromatic rings. The molecule has 0 bridgehead atoms. The zero-order valence-electron chi connectivity index (χ0n) is 9.23. The van der Waals surface area contributed by atoms with E-state index in [1.165, 1.54) is 12.1 Å². The number of benzene rings is 1. The van der Waals surface area contributed by atoms with E-state index in [1.807, 2.05) is 0 Å². The number of hydrogen-bond donors (Lipinski definition) is 1. The van der Waals surface area contributed by atoms with Crippen LogP contribution in [0.3, 0.4) is 0 Å². The molecule has 0 aliphatic carbocycles. The Balaban J connectivity index is 2.01. The monoisotopic (exact) mass is 276 g/mol. The van der Waals surface area contributed by atoms with E-state index >= 15 is 0 Å². The average molecular weight is 276 g/mol. The predicted molar refractivity (Wildman–Crippen MR) is 69.6 cm³/mol. The molecule has 0 aromatic heterocycles. The van der Waals surface area contributed by atoms with Gasteiger partial charge in [0.25, 0.3) is 0 Å². The van der Waals surface area contributed by atoms with Crippen LogP contribution in [0.25, 0.3) is 0 Å². The van der Waals surface area contributed by atoms with Crippen molar-refractivity contribution in [2.75, 3.05) is 17.3 Å². The molecule has 1 nitrogen and oxygen atoms in total. The van der Waals surface area contributed by atoms with Crippen molar-refractivity contribution in [3.05, 3.63) is 35.4 Å². The lowest BCUT2D eigenvalue weighted by Crippen LogP contribution is -2.30. The molecule has 0 radical (unpaired) electrons. The number of aliphatic hydroxyl groups excluding tert-OH is 1. The summed E-state index contributed by atoms with van der Waals surface area (Å²) in [6, 6.07) is 4.10. The van der Waals surface area contributed by atoms with Gasteiger partial charge in [-0.15, -0.1) is 0 Å². The summed E-state index contributed by atoms with van der Waals surface area (Å²) in [4.78, 5) is 0. The molecular formula is C12H14F2OS2. The van der Waals surface area contributed by atoms with Gasteiger partial charge in [-0.05, 0) is 11.6 Å². The minimum absolute atomic E-state index is 0.122. The van der Waals surface area contributed by atoms with Gasteiger partial charge in [0.05, 0.1) is 6.10 Å². The van der Waals surface area contributed by atoms with Crippen LogP contribution in [0.15, 0.2) is 18.2 Å². The zero-order valence-corrected chi connectivity index (χ0v) is 10.9. The van der Waals surface area contributed by atoms with E-state index in [9.17, 15) is 13.9 Å². The molecule has 2 atom stereocenters. The molecule has 5 heteroatoms. The van der Waals surface area contributed by atoms with Gasteiger partial charge in [-0.25, -0.2) is 8.78 Å². The first-order valence-corrected chi connectivity index (χ1v) is 7.69. The van der Waals surface area contributed by atoms with Crippen LogP contribution in [-0.2, 0) is 6.42 Å². The lowest BCUT2D eigenvalue weighted by molar-refractivity contribution is 0.176. The largest absolute Gasteiger partial charge is 0.392 e. The predicted octanol–water partition coefficient (Wildman–Crippen LogP) is 2.72. The highest BCUT2D eigenvalue weighted by Gasteiger charge is 2.24. The molecule has 2 rings (SSSR count). The molecule has 1 N–H and O–H groups in total. The Labute approximate surface area is 108 Å². The van der Waals surface area contributed by atoms with Gasteiger partial charge in [-0.1, -0.05) is 12.1 Å². The first kappa shape index (κ1) is 13.2. The Morgan fingerprint density at radius 3 is 2.88 bits per heavy atom. The van der Waals surface area contributed by atoms with E-state index in [4.69, 9.17) is 0 Å². The Hall–Kier alpha value is -0.260. The van der Waals surface area contributed by atoms with E-state index in [0.717, 1.165) is 23.3 Å². The second-order valence-electron chi connectivity index (χ2n) is 3.97. The van der Waals surface area contributed by atoms with Gasteiger partial charge in [-0.3, -0.25) is 0 Å². The maximum absolute atomic E-state index is 13.4. The lowest BCUT2D eigenvalue weighted by atomic mass is 10.1. The van der Waals surface area contributed by atoms with Crippen molar-refractivity contribution in [1.82, 2.24) is 0 Å². The summed E-state index contributed by atoms with van der Waals surface area (Å²) in [6.45, 7) is 0. The van der Waals surface area contributed by atoms with Crippen molar-refractivity contribution >= 4 is 23.5 Å². The Morgan fingerprint density at radius 1 is 1.35 bits per heavy atom. The smallest absolute Gasteiger partial charge is 0.162 e. The molecule has 1 aliphatic heterocycles. The van der Waals surface area contributed by atoms with E-state index in [2.05, 4.69) is 0 Å². The lowest BCUT2D eigenvalue weighted by Gasteiger charge is -2.25. The van der Waals surface area contributed by atoms with E-state index < -0.39 is 17.7 Å². The van der Waals surface area contributed by atoms with Crippen molar-refractivity contribution in [2.45, 2.75) is 17.8 Å². The molecular weight excluding hydrogens is 262 g/mol. The van der Waals surface area contributed by atoms with Gasteiger partial charge in [0, 0.05) is 28.9 Å². The summed E-state index contributed by atoms with van der Waals surface area (Å²) in [7, 11) is 0. The fourth-order valence-corrected chi connectivity index (χ4v) is 4.56. The van der Waals surface area contributed by atoms with Crippen LogP contribution in [0.4, 0.5) is 8.78 Å². The third-order valence-electron chi connectivity index (χ3n) is 2.73. The summed E-state index contributed by atoms with van der Waals surface area (Å²) in [5.41, 5.74) is 0.258. The van der Waals surface area contributed by atoms with Crippen LogP contribution in [-0.4, -0.2) is 33.7 Å². The number of aliphatic hydroxyl groups is 1. The molecule has 1 aromatic carbocycles. The Morgan fingerprint density at radius 2 is 2.18 bits per heavy atom. The highest BCUT2D eigenvalue weighted by molar-refractivity contribution is 8.06. The van der Waals surface area contributed by atoms with Gasteiger partial charge >= 0.3 is 0 Å². The van der Waals surface area contributed by atoms with Crippen molar-refractivity contribution in [1.29, 1.82) is 0 Å². The topological polar surface area (TPSA) is 20.2 Å². The molecule has 1 fully saturated rings. The molecule has 2 unspecified atom stereocenters. The second-order valence-corrected chi connectivity index (χ2v) is 6.47. The second kappa shape index (κ2) is 6.07. The summed E-state index contributed by atoms with van der Waals surface area (Å²) in [5.74, 6) is 1.31. The van der Waals surface area contributed by atoms with Crippen LogP contribution in [0.1, 0.15) is 5.56 Å². The van der Waals surface area contributed by atoms with E-state index in [0.29, 0.717) is 0 Å². The molecule has 1 saturated heterocycles. The van der Waals surface area contributed by atoms with Gasteiger partial charge in [0.2, 0.25) is 0 Å². The van der Waals surface area contributed by atoms with Crippen molar-refractivity contribution in [3.8, 4) is 0 Å². The summed E-state index contributed by atoms with van der Waals surface area (Å²) < 4.78 is 26.4. The van der Waals surface area contributed by atoms with Crippen LogP contribution >= 0.6 is 23.5 Å². The molecule has 0 saturated carbocycles. The van der Waals surface area contributed by atoms with Gasteiger partial charge < -0.3 is 5.11 Å². The highest BCUT2D eigenvalue weighted by Crippen LogP contribution is 2.28. The first-order valence-electron chi connectivity index (χ1n) is 5.49. The van der Waals surface area contributed by atoms with Crippen molar-refractivity contribution in [2.24, 2.45) is 0 Å². The van der Waals surface area contributed by atoms with Crippen molar-refractivity contribution in [3.63, 3.8) is 0 Å². The van der Waals surface area contributed by atoms with Crippen LogP contribution in [0.2, 0.25) is 0 Å². The zero-order chi connectivity index (χ0) is 12.3. The molecule has 1 aliphatic rings. The molecule has 94 valence electrons. The maximum Gasteiger partial charge on any atom is 0.162 e. The fourth-order valence-electron chi connectivity index (χ4n) is 1.79. The third-order valence-corrected chi connectivity index (χ3v) is 5.64. The molecule has 0 amide bonds. The average Bonchev–Trinajstić information content (AvgIpc) is 2.36. The Bertz CT molecular complexity index is 381. The molecule has 1 heterocycles. The normalized spacial score (nSPS) is 22.4. The molecule has 0 spiro atoms. The number of thioether (sulfide) groups is 2. The summed E-state index contributed by atoms with van der Waals surface area (Å²) >= 11 is 3.51. The van der Waals surface area contributed by atoms with Crippen molar-refractivity contribution < 1.29 is 13.9 Å². The quantitative estimate of drug-likeness (QED) is 0.916. The Kier molecular flexibility index (Phi) is 4.70. The minimum Gasteiger partial charge on any atom is -0.392 e. The number of rotatable bonds is 3. The van der Waals surface area contributed by atoms with Crippen LogP contribution in [0.5, 0.6) is 0 Å². The van der Waals surface area contributed by atoms with Gasteiger partial charge in [-0.2, -0.15) is 23.5 Å². The van der Waals surface area contributed by atoms with E-state index in [-0.39, 0.29) is 17.2 Å². The van der Waals surface area contributed by atoms with Crippen LogP contribution < -0.4 is 0 Å². The highest BCUT2D eigenvalue weighted by atomic mass is 32.2. The van der Waals surface area contributed by atoms with Gasteiger partial charge in [0.1, 0.15) is 0 Å². The number of hydrogen-bond acceptors (Lipinski definition) is 3. The third kappa shape index (κ3) is 3.36. The summed E-state index contributed by atoms with van der Waals surface area (Å²) in [5, 5.41) is 10.1. The minimum atomic E-state index is -0.847. The van der Waals surface area contributed by atoms with E-state index in [1.54, 1.807) is 23.5 Å². The van der Waals surface area contributed by atoms with Gasteiger partial charge in [0.15, 0.2) is 11.6 Å². The summed E-state index contributed by atoms with van der Waals surface area (Å²) in [6.07, 6.45) is -0.425. The van der Waals surface area contributed by atoms with Crippen LogP contribution in [0, 0.1) is 11.6 Å². The fraction of sp³-hybridized carbons (Fsp3) is 0.500. The SMILES string of the molecule is OC(Cc1cccc(F)c1F)C1CSCCS1. The number of halogens is 2. The standard InChI is InChI=1S/C12H14F2OS2/c13-9-3-1-2-8(12(9)14)6-10(15)11-7-16-4-5-17-11/h1-3,10-11,15H,4-7H2. The molecule has 17 heavy (non-hydrogen) atoms.